The van der Waals surface area contributed by atoms with E-state index in [0.29, 0.717) is 4.47 Å². The van der Waals surface area contributed by atoms with Gasteiger partial charge in [-0.15, -0.1) is 0 Å². The summed E-state index contributed by atoms with van der Waals surface area (Å²) in [6, 6.07) is 10.5. The maximum atomic E-state index is 12.8. The second-order valence-corrected chi connectivity index (χ2v) is 5.63. The van der Waals surface area contributed by atoms with Crippen LogP contribution in [0.15, 0.2) is 46.9 Å². The third-order valence-corrected chi connectivity index (χ3v) is 3.47. The quantitative estimate of drug-likeness (QED) is 0.617. The van der Waals surface area contributed by atoms with E-state index in [0.717, 1.165) is 5.56 Å². The summed E-state index contributed by atoms with van der Waals surface area (Å²) in [7, 11) is 0. The number of benzene rings is 2. The number of nitrogens with one attached hydrogen (secondary N) is 1. The molecule has 7 heteroatoms. The molecule has 0 heterocycles. The van der Waals surface area contributed by atoms with Gasteiger partial charge in [0.05, 0.1) is 5.56 Å². The highest BCUT2D eigenvalue weighted by Crippen LogP contribution is 2.19. The number of nitrogens with two attached hydrogens (primary N) is 1. The summed E-state index contributed by atoms with van der Waals surface area (Å²) in [5.74, 6) is -1.49. The fourth-order valence-electron chi connectivity index (χ4n) is 1.77. The molecule has 23 heavy (non-hydrogen) atoms. The highest BCUT2D eigenvalue weighted by Gasteiger charge is 2.13. The lowest BCUT2D eigenvalue weighted by atomic mass is 10.2. The summed E-state index contributed by atoms with van der Waals surface area (Å²) >= 11 is 3.23. The fraction of sp³-hybridized carbons (Fsp3) is 0.125. The van der Waals surface area contributed by atoms with E-state index in [-0.39, 0.29) is 23.6 Å². The van der Waals surface area contributed by atoms with E-state index in [1.54, 1.807) is 24.3 Å². The maximum Gasteiger partial charge on any atom is 0.340 e. The number of carbonyl (C=O) groups excluding carboxylic acids is 2. The van der Waals surface area contributed by atoms with Crippen LogP contribution in [-0.2, 0) is 16.1 Å². The molecule has 0 bridgehead atoms. The summed E-state index contributed by atoms with van der Waals surface area (Å²) in [4.78, 5) is 23.6. The molecule has 0 saturated carbocycles. The van der Waals surface area contributed by atoms with E-state index in [1.165, 1.54) is 18.2 Å². The second-order valence-electron chi connectivity index (χ2n) is 4.71. The number of halogens is 2. The number of hydrogen-bond acceptors (Lipinski definition) is 4. The van der Waals surface area contributed by atoms with Crippen LogP contribution in [0.25, 0.3) is 0 Å². The summed E-state index contributed by atoms with van der Waals surface area (Å²) in [6.07, 6.45) is 0. The molecule has 0 radical (unpaired) electrons. The summed E-state index contributed by atoms with van der Waals surface area (Å²) in [6.45, 7) is -0.207. The Morgan fingerprint density at radius 3 is 2.57 bits per heavy atom. The van der Waals surface area contributed by atoms with Gasteiger partial charge in [-0.05, 0) is 35.9 Å². The first-order chi connectivity index (χ1) is 11.0. The molecule has 2 rings (SSSR count). The van der Waals surface area contributed by atoms with Gasteiger partial charge in [-0.2, -0.15) is 0 Å². The molecule has 0 spiro atoms. The predicted octanol–water partition coefficient (Wildman–Crippen LogP) is 2.64. The van der Waals surface area contributed by atoms with Crippen LogP contribution in [-0.4, -0.2) is 18.5 Å². The molecule has 2 aromatic rings. The van der Waals surface area contributed by atoms with E-state index >= 15 is 0 Å². The van der Waals surface area contributed by atoms with Gasteiger partial charge in [-0.25, -0.2) is 9.18 Å². The maximum absolute atomic E-state index is 12.8. The smallest absolute Gasteiger partial charge is 0.340 e. The van der Waals surface area contributed by atoms with Crippen LogP contribution in [0.1, 0.15) is 15.9 Å². The van der Waals surface area contributed by atoms with Gasteiger partial charge in [0.25, 0.3) is 5.91 Å². The van der Waals surface area contributed by atoms with Crippen LogP contribution in [0.2, 0.25) is 0 Å². The van der Waals surface area contributed by atoms with Gasteiger partial charge in [-0.1, -0.05) is 28.1 Å². The molecule has 0 atom stereocenters. The number of amides is 1. The van der Waals surface area contributed by atoms with Crippen molar-refractivity contribution in [1.29, 1.82) is 0 Å². The minimum absolute atomic E-state index is 0.186. The molecule has 120 valence electrons. The molecule has 3 N–H and O–H groups in total. The molecular formula is C16H14BrFN2O3. The third-order valence-electron chi connectivity index (χ3n) is 2.97. The average molecular weight is 381 g/mol. The number of hydrogen-bond donors (Lipinski definition) is 2. The van der Waals surface area contributed by atoms with Crippen molar-refractivity contribution < 1.29 is 18.7 Å². The Morgan fingerprint density at radius 1 is 1.17 bits per heavy atom. The Hall–Kier alpha value is -2.41. The van der Waals surface area contributed by atoms with E-state index in [2.05, 4.69) is 21.2 Å². The van der Waals surface area contributed by atoms with Crippen LogP contribution in [0.4, 0.5) is 10.1 Å². The monoisotopic (exact) mass is 380 g/mol. The molecule has 0 fully saturated rings. The second kappa shape index (κ2) is 7.73. The van der Waals surface area contributed by atoms with Crippen LogP contribution in [0.5, 0.6) is 0 Å². The lowest BCUT2D eigenvalue weighted by Crippen LogP contribution is -2.28. The molecular weight excluding hydrogens is 367 g/mol. The zero-order chi connectivity index (χ0) is 16.8. The number of rotatable bonds is 5. The van der Waals surface area contributed by atoms with Gasteiger partial charge in [0.2, 0.25) is 0 Å². The number of carbonyl (C=O) groups is 2. The fourth-order valence-corrected chi connectivity index (χ4v) is 2.13. The summed E-state index contributed by atoms with van der Waals surface area (Å²) in [5, 5.41) is 2.57. The van der Waals surface area contributed by atoms with Crippen molar-refractivity contribution in [3.8, 4) is 0 Å². The average Bonchev–Trinajstić information content (AvgIpc) is 2.54. The Balaban J connectivity index is 1.83. The van der Waals surface area contributed by atoms with Crippen molar-refractivity contribution in [2.24, 2.45) is 0 Å². The summed E-state index contributed by atoms with van der Waals surface area (Å²) in [5.41, 5.74) is 6.88. The Bertz CT molecular complexity index is 720. The molecule has 5 nitrogen and oxygen atoms in total. The van der Waals surface area contributed by atoms with Gasteiger partial charge in [0, 0.05) is 16.7 Å². The number of esters is 1. The third kappa shape index (κ3) is 5.07. The predicted molar refractivity (Wildman–Crippen MR) is 87.1 cm³/mol. The highest BCUT2D eigenvalue weighted by molar-refractivity contribution is 9.10. The number of nitrogen functional groups attached to an aromatic ring is 1. The Morgan fingerprint density at radius 2 is 1.87 bits per heavy atom. The topological polar surface area (TPSA) is 81.4 Å². The molecule has 0 unspecified atom stereocenters. The highest BCUT2D eigenvalue weighted by atomic mass is 79.9. The van der Waals surface area contributed by atoms with Crippen LogP contribution in [0.3, 0.4) is 0 Å². The summed E-state index contributed by atoms with van der Waals surface area (Å²) < 4.78 is 18.4. The minimum Gasteiger partial charge on any atom is -0.452 e. The SMILES string of the molecule is Nc1ccc(Br)cc1C(=O)OCC(=O)NCc1ccc(F)cc1. The van der Waals surface area contributed by atoms with Crippen molar-refractivity contribution in [2.45, 2.75) is 6.54 Å². The normalized spacial score (nSPS) is 10.2. The molecule has 0 aliphatic heterocycles. The number of anilines is 1. The van der Waals surface area contributed by atoms with Crippen molar-refractivity contribution in [3.63, 3.8) is 0 Å². The number of ether oxygens (including phenoxy) is 1. The zero-order valence-electron chi connectivity index (χ0n) is 12.0. The lowest BCUT2D eigenvalue weighted by molar-refractivity contribution is -0.124. The Labute approximate surface area is 140 Å². The Kier molecular flexibility index (Phi) is 5.70. The van der Waals surface area contributed by atoms with Crippen LogP contribution < -0.4 is 11.1 Å². The van der Waals surface area contributed by atoms with Crippen molar-refractivity contribution in [1.82, 2.24) is 5.32 Å². The molecule has 1 amide bonds. The molecule has 0 aliphatic carbocycles. The minimum atomic E-state index is -0.680. The van der Waals surface area contributed by atoms with E-state index < -0.39 is 18.5 Å². The van der Waals surface area contributed by atoms with Crippen LogP contribution >= 0.6 is 15.9 Å². The van der Waals surface area contributed by atoms with E-state index in [9.17, 15) is 14.0 Å². The standard InChI is InChI=1S/C16H14BrFN2O3/c17-11-3-6-14(19)13(7-11)16(22)23-9-15(21)20-8-10-1-4-12(18)5-2-10/h1-7H,8-9,19H2,(H,20,21). The first-order valence-corrected chi connectivity index (χ1v) is 7.48. The molecule has 0 aliphatic rings. The van der Waals surface area contributed by atoms with Gasteiger partial charge in [-0.3, -0.25) is 4.79 Å². The molecule has 2 aromatic carbocycles. The van der Waals surface area contributed by atoms with Crippen LogP contribution in [0, 0.1) is 5.82 Å². The van der Waals surface area contributed by atoms with E-state index in [1.807, 2.05) is 0 Å². The van der Waals surface area contributed by atoms with Gasteiger partial charge in [0.1, 0.15) is 5.82 Å². The lowest BCUT2D eigenvalue weighted by Gasteiger charge is -2.08. The van der Waals surface area contributed by atoms with Crippen molar-refractivity contribution in [3.05, 3.63) is 63.9 Å². The first kappa shape index (κ1) is 17.0. The molecule has 0 saturated heterocycles. The molecule has 0 aromatic heterocycles. The zero-order valence-corrected chi connectivity index (χ0v) is 13.6. The van der Waals surface area contributed by atoms with Gasteiger partial charge >= 0.3 is 5.97 Å². The van der Waals surface area contributed by atoms with Crippen molar-refractivity contribution >= 4 is 33.5 Å². The first-order valence-electron chi connectivity index (χ1n) is 6.69. The van der Waals surface area contributed by atoms with E-state index in [4.69, 9.17) is 10.5 Å². The van der Waals surface area contributed by atoms with Gasteiger partial charge in [0.15, 0.2) is 6.61 Å². The largest absolute Gasteiger partial charge is 0.452 e. The van der Waals surface area contributed by atoms with Crippen molar-refractivity contribution in [2.75, 3.05) is 12.3 Å². The van der Waals surface area contributed by atoms with Gasteiger partial charge < -0.3 is 15.8 Å².